The lowest BCUT2D eigenvalue weighted by molar-refractivity contribution is -0.384. The van der Waals surface area contributed by atoms with E-state index >= 15 is 0 Å². The molecule has 0 aliphatic carbocycles. The molecule has 9 heteroatoms. The van der Waals surface area contributed by atoms with Crippen LogP contribution in [0.3, 0.4) is 0 Å². The SMILES string of the molecule is O=[N+]([O-])c1cccnc1NCCN1CCCS1(=O)=O. The maximum absolute atomic E-state index is 11.6. The van der Waals surface area contributed by atoms with Gasteiger partial charge in [0.1, 0.15) is 0 Å². The summed E-state index contributed by atoms with van der Waals surface area (Å²) in [6.45, 7) is 1.08. The van der Waals surface area contributed by atoms with Crippen LogP contribution in [0.1, 0.15) is 6.42 Å². The van der Waals surface area contributed by atoms with Gasteiger partial charge in [0.2, 0.25) is 15.8 Å². The van der Waals surface area contributed by atoms with Gasteiger partial charge in [0.25, 0.3) is 0 Å². The van der Waals surface area contributed by atoms with Crippen LogP contribution in [0.25, 0.3) is 0 Å². The first-order valence-corrected chi connectivity index (χ1v) is 7.43. The van der Waals surface area contributed by atoms with Gasteiger partial charge in [-0.3, -0.25) is 10.1 Å². The highest BCUT2D eigenvalue weighted by Crippen LogP contribution is 2.20. The van der Waals surface area contributed by atoms with E-state index in [0.717, 1.165) is 0 Å². The van der Waals surface area contributed by atoms with Crippen LogP contribution < -0.4 is 5.32 Å². The van der Waals surface area contributed by atoms with Gasteiger partial charge in [-0.2, -0.15) is 0 Å². The smallest absolute Gasteiger partial charge is 0.311 e. The first-order valence-electron chi connectivity index (χ1n) is 5.82. The van der Waals surface area contributed by atoms with Crippen LogP contribution in [-0.2, 0) is 10.0 Å². The van der Waals surface area contributed by atoms with Gasteiger partial charge in [-0.25, -0.2) is 17.7 Å². The van der Waals surface area contributed by atoms with E-state index in [1.54, 1.807) is 0 Å². The number of hydrogen-bond acceptors (Lipinski definition) is 6. The van der Waals surface area contributed by atoms with Crippen molar-refractivity contribution < 1.29 is 13.3 Å². The first kappa shape index (κ1) is 13.7. The topological polar surface area (TPSA) is 105 Å². The van der Waals surface area contributed by atoms with Gasteiger partial charge in [0, 0.05) is 31.9 Å². The van der Waals surface area contributed by atoms with Crippen LogP contribution >= 0.6 is 0 Å². The fourth-order valence-corrected chi connectivity index (χ4v) is 3.45. The zero-order chi connectivity index (χ0) is 13.9. The van der Waals surface area contributed by atoms with Crippen molar-refractivity contribution >= 4 is 21.5 Å². The van der Waals surface area contributed by atoms with E-state index in [9.17, 15) is 18.5 Å². The molecule has 2 rings (SSSR count). The summed E-state index contributed by atoms with van der Waals surface area (Å²) in [5.41, 5.74) is -0.119. The Morgan fingerprint density at radius 1 is 1.53 bits per heavy atom. The molecule has 0 aromatic carbocycles. The van der Waals surface area contributed by atoms with Crippen molar-refractivity contribution in [1.82, 2.24) is 9.29 Å². The number of nitrogens with one attached hydrogen (secondary N) is 1. The summed E-state index contributed by atoms with van der Waals surface area (Å²) in [5.74, 6) is 0.334. The molecule has 0 amide bonds. The molecule has 0 spiro atoms. The van der Waals surface area contributed by atoms with Gasteiger partial charge in [-0.05, 0) is 12.5 Å². The largest absolute Gasteiger partial charge is 0.363 e. The third kappa shape index (κ3) is 3.18. The number of rotatable bonds is 5. The second-order valence-corrected chi connectivity index (χ2v) is 6.21. The Labute approximate surface area is 110 Å². The molecule has 1 fully saturated rings. The molecular weight excluding hydrogens is 272 g/mol. The Hall–Kier alpha value is -1.74. The molecule has 104 valence electrons. The zero-order valence-corrected chi connectivity index (χ0v) is 11.0. The van der Waals surface area contributed by atoms with E-state index in [0.29, 0.717) is 13.0 Å². The Kier molecular flexibility index (Phi) is 3.96. The molecule has 0 radical (unpaired) electrons. The summed E-state index contributed by atoms with van der Waals surface area (Å²) < 4.78 is 24.5. The number of aromatic nitrogens is 1. The summed E-state index contributed by atoms with van der Waals surface area (Å²) in [6.07, 6.45) is 2.08. The summed E-state index contributed by atoms with van der Waals surface area (Å²) in [7, 11) is -3.13. The van der Waals surface area contributed by atoms with E-state index in [1.807, 2.05) is 0 Å². The lowest BCUT2D eigenvalue weighted by Gasteiger charge is -2.14. The maximum atomic E-state index is 11.6. The van der Waals surface area contributed by atoms with Crippen molar-refractivity contribution in [2.24, 2.45) is 0 Å². The molecule has 0 saturated carbocycles. The molecule has 1 aliphatic rings. The molecule has 1 aromatic rings. The predicted molar refractivity (Wildman–Crippen MR) is 69.4 cm³/mol. The second kappa shape index (κ2) is 5.49. The number of nitrogens with zero attached hydrogens (tertiary/aromatic N) is 3. The standard InChI is InChI=1S/C10H14N4O4S/c15-14(16)9-3-1-4-11-10(9)12-5-7-13-6-2-8-19(13,17)18/h1,3-4H,2,5-8H2,(H,11,12). The molecule has 0 unspecified atom stereocenters. The van der Waals surface area contributed by atoms with E-state index in [1.165, 1.54) is 22.6 Å². The van der Waals surface area contributed by atoms with E-state index in [2.05, 4.69) is 10.3 Å². The van der Waals surface area contributed by atoms with Crippen LogP contribution in [-0.4, -0.2) is 48.0 Å². The Bertz CT molecular complexity index is 575. The third-order valence-corrected chi connectivity index (χ3v) is 4.80. The van der Waals surface area contributed by atoms with E-state index in [4.69, 9.17) is 0 Å². The summed E-state index contributed by atoms with van der Waals surface area (Å²) >= 11 is 0. The fraction of sp³-hybridized carbons (Fsp3) is 0.500. The summed E-state index contributed by atoms with van der Waals surface area (Å²) in [4.78, 5) is 14.1. The molecule has 1 N–H and O–H groups in total. The minimum atomic E-state index is -3.13. The molecule has 1 aliphatic heterocycles. The number of nitro groups is 1. The van der Waals surface area contributed by atoms with Crippen LogP contribution in [0.4, 0.5) is 11.5 Å². The van der Waals surface area contributed by atoms with Crippen LogP contribution in [0.15, 0.2) is 18.3 Å². The predicted octanol–water partition coefficient (Wildman–Crippen LogP) is 0.437. The van der Waals surface area contributed by atoms with Gasteiger partial charge in [0.15, 0.2) is 0 Å². The maximum Gasteiger partial charge on any atom is 0.311 e. The van der Waals surface area contributed by atoms with Crippen molar-refractivity contribution in [1.29, 1.82) is 0 Å². The highest BCUT2D eigenvalue weighted by molar-refractivity contribution is 7.89. The molecule has 19 heavy (non-hydrogen) atoms. The Morgan fingerprint density at radius 2 is 2.32 bits per heavy atom. The average molecular weight is 286 g/mol. The normalized spacial score (nSPS) is 18.3. The highest BCUT2D eigenvalue weighted by atomic mass is 32.2. The monoisotopic (exact) mass is 286 g/mol. The van der Waals surface area contributed by atoms with Gasteiger partial charge in [-0.15, -0.1) is 0 Å². The van der Waals surface area contributed by atoms with Crippen LogP contribution in [0.5, 0.6) is 0 Å². The number of hydrogen-bond donors (Lipinski definition) is 1. The number of sulfonamides is 1. The van der Waals surface area contributed by atoms with E-state index < -0.39 is 14.9 Å². The van der Waals surface area contributed by atoms with Gasteiger partial charge in [0.05, 0.1) is 10.7 Å². The van der Waals surface area contributed by atoms with Crippen molar-refractivity contribution in [3.8, 4) is 0 Å². The third-order valence-electron chi connectivity index (χ3n) is 2.84. The minimum Gasteiger partial charge on any atom is -0.363 e. The molecule has 8 nitrogen and oxygen atoms in total. The van der Waals surface area contributed by atoms with E-state index in [-0.39, 0.29) is 30.3 Å². The highest BCUT2D eigenvalue weighted by Gasteiger charge is 2.27. The Morgan fingerprint density at radius 3 is 2.95 bits per heavy atom. The molecule has 0 bridgehead atoms. The lowest BCUT2D eigenvalue weighted by atomic mass is 10.4. The lowest BCUT2D eigenvalue weighted by Crippen LogP contribution is -2.30. The number of anilines is 1. The van der Waals surface area contributed by atoms with Crippen LogP contribution in [0, 0.1) is 10.1 Å². The second-order valence-electron chi connectivity index (χ2n) is 4.12. The first-order chi connectivity index (χ1) is 9.00. The minimum absolute atomic E-state index is 0.119. The van der Waals surface area contributed by atoms with Crippen LogP contribution in [0.2, 0.25) is 0 Å². The average Bonchev–Trinajstić information content (AvgIpc) is 2.69. The van der Waals surface area contributed by atoms with Gasteiger partial charge in [-0.1, -0.05) is 0 Å². The molecular formula is C10H14N4O4S. The molecule has 2 heterocycles. The summed E-state index contributed by atoms with van der Waals surface area (Å²) in [6, 6.07) is 2.83. The molecule has 1 saturated heterocycles. The van der Waals surface area contributed by atoms with Crippen molar-refractivity contribution in [2.45, 2.75) is 6.42 Å². The molecule has 0 atom stereocenters. The van der Waals surface area contributed by atoms with Gasteiger partial charge >= 0.3 is 5.69 Å². The fourth-order valence-electron chi connectivity index (χ4n) is 1.92. The molecule has 1 aromatic heterocycles. The number of pyridine rings is 1. The van der Waals surface area contributed by atoms with Gasteiger partial charge < -0.3 is 5.32 Å². The van der Waals surface area contributed by atoms with Crippen molar-refractivity contribution in [3.05, 3.63) is 28.4 Å². The van der Waals surface area contributed by atoms with Crippen molar-refractivity contribution in [2.75, 3.05) is 30.7 Å². The summed E-state index contributed by atoms with van der Waals surface area (Å²) in [5, 5.41) is 13.6. The Balaban J connectivity index is 1.95. The van der Waals surface area contributed by atoms with Crippen molar-refractivity contribution in [3.63, 3.8) is 0 Å². The quantitative estimate of drug-likeness (QED) is 0.622. The zero-order valence-electron chi connectivity index (χ0n) is 10.2.